The summed E-state index contributed by atoms with van der Waals surface area (Å²) in [6.07, 6.45) is -4.14. The molecule has 1 fully saturated rings. The van der Waals surface area contributed by atoms with E-state index in [4.69, 9.17) is 14.9 Å². The van der Waals surface area contributed by atoms with E-state index in [-0.39, 0.29) is 6.54 Å². The van der Waals surface area contributed by atoms with Crippen LogP contribution in [-0.4, -0.2) is 74.8 Å². The summed E-state index contributed by atoms with van der Waals surface area (Å²) in [4.78, 5) is 10.5. The number of aliphatic hydroxyl groups is 4. The number of aliphatic hydroxyl groups excluding tert-OH is 3. The van der Waals surface area contributed by atoms with E-state index >= 15 is 0 Å². The zero-order valence-corrected chi connectivity index (χ0v) is 9.28. The van der Waals surface area contributed by atoms with Crippen molar-refractivity contribution in [1.82, 2.24) is 5.32 Å². The van der Waals surface area contributed by atoms with Gasteiger partial charge in [-0.3, -0.25) is 10.1 Å². The molecule has 0 aromatic heterocycles. The lowest BCUT2D eigenvalue weighted by Crippen LogP contribution is -2.53. The van der Waals surface area contributed by atoms with E-state index in [1.807, 2.05) is 0 Å². The molecule has 0 aromatic rings. The van der Waals surface area contributed by atoms with Gasteiger partial charge in [0.15, 0.2) is 0 Å². The first-order chi connectivity index (χ1) is 7.81. The minimum atomic E-state index is -2.11. The summed E-state index contributed by atoms with van der Waals surface area (Å²) in [6.45, 7) is 0.414. The molecule has 5 atom stereocenters. The van der Waals surface area contributed by atoms with Crippen LogP contribution in [0.25, 0.3) is 0 Å². The van der Waals surface area contributed by atoms with Crippen LogP contribution in [0.1, 0.15) is 6.92 Å². The molecular formula is C9H17NO7. The second-order valence-electron chi connectivity index (χ2n) is 4.06. The third-order valence-electron chi connectivity index (χ3n) is 2.73. The molecule has 0 radical (unpaired) electrons. The summed E-state index contributed by atoms with van der Waals surface area (Å²) in [5.41, 5.74) is 0. The van der Waals surface area contributed by atoms with Gasteiger partial charge >= 0.3 is 5.97 Å². The molecule has 100 valence electrons. The van der Waals surface area contributed by atoms with Crippen LogP contribution in [0.4, 0.5) is 0 Å². The van der Waals surface area contributed by atoms with Crippen LogP contribution in [0, 0.1) is 0 Å². The summed E-state index contributed by atoms with van der Waals surface area (Å²) in [7, 11) is 0. The molecule has 1 heterocycles. The second kappa shape index (κ2) is 5.25. The number of carboxylic acids is 1. The quantitative estimate of drug-likeness (QED) is 0.301. The zero-order chi connectivity index (χ0) is 13.2. The number of rotatable bonds is 5. The van der Waals surface area contributed by atoms with Crippen LogP contribution in [0.5, 0.6) is 0 Å². The molecule has 8 heteroatoms. The van der Waals surface area contributed by atoms with Crippen molar-refractivity contribution < 1.29 is 35.1 Å². The van der Waals surface area contributed by atoms with Crippen LogP contribution in [-0.2, 0) is 9.53 Å². The van der Waals surface area contributed by atoms with E-state index in [9.17, 15) is 20.1 Å². The first-order valence-corrected chi connectivity index (χ1v) is 5.15. The molecular weight excluding hydrogens is 234 g/mol. The predicted octanol–water partition coefficient (Wildman–Crippen LogP) is -3.15. The maximum Gasteiger partial charge on any atom is 0.320 e. The second-order valence-corrected chi connectivity index (χ2v) is 4.06. The summed E-state index contributed by atoms with van der Waals surface area (Å²) < 4.78 is 4.90. The Balaban J connectivity index is 2.60. The molecule has 17 heavy (non-hydrogen) atoms. The lowest BCUT2D eigenvalue weighted by Gasteiger charge is -2.27. The standard InChI is InChI=1S/C9H17NO7/c1-4(8(14)15)10-3-9(16)7(13)6(12)5(2-11)17-9/h4-7,10-13,16H,2-3H2,1H3,(H,14,15)/t4-,5+,6+,7-,9?/m0/s1. The number of nitrogens with one attached hydrogen (secondary N) is 1. The zero-order valence-electron chi connectivity index (χ0n) is 9.28. The smallest absolute Gasteiger partial charge is 0.320 e. The van der Waals surface area contributed by atoms with Crippen molar-refractivity contribution in [2.24, 2.45) is 0 Å². The van der Waals surface area contributed by atoms with E-state index < -0.39 is 42.7 Å². The number of aliphatic carboxylic acids is 1. The Morgan fingerprint density at radius 1 is 1.53 bits per heavy atom. The average molecular weight is 251 g/mol. The lowest BCUT2D eigenvalue weighted by atomic mass is 10.1. The maximum absolute atomic E-state index is 10.5. The van der Waals surface area contributed by atoms with Gasteiger partial charge in [0.2, 0.25) is 5.79 Å². The van der Waals surface area contributed by atoms with E-state index in [0.717, 1.165) is 0 Å². The topological polar surface area (TPSA) is 139 Å². The van der Waals surface area contributed by atoms with Gasteiger partial charge in [0.1, 0.15) is 24.4 Å². The highest BCUT2D eigenvalue weighted by Crippen LogP contribution is 2.28. The summed E-state index contributed by atoms with van der Waals surface area (Å²) in [5.74, 6) is -3.24. The molecule has 0 aliphatic carbocycles. The highest BCUT2D eigenvalue weighted by Gasteiger charge is 2.53. The number of hydrogen-bond acceptors (Lipinski definition) is 7. The number of ether oxygens (including phenoxy) is 1. The van der Waals surface area contributed by atoms with Gasteiger partial charge < -0.3 is 30.3 Å². The van der Waals surface area contributed by atoms with E-state index in [1.54, 1.807) is 0 Å². The van der Waals surface area contributed by atoms with Crippen molar-refractivity contribution in [2.45, 2.75) is 37.1 Å². The molecule has 0 aromatic carbocycles. The Labute approximate surface area is 97.4 Å². The van der Waals surface area contributed by atoms with Crippen molar-refractivity contribution in [1.29, 1.82) is 0 Å². The summed E-state index contributed by atoms with van der Waals surface area (Å²) >= 11 is 0. The molecule has 1 aliphatic rings. The van der Waals surface area contributed by atoms with Crippen LogP contribution >= 0.6 is 0 Å². The van der Waals surface area contributed by atoms with Gasteiger partial charge in [-0.1, -0.05) is 0 Å². The van der Waals surface area contributed by atoms with Crippen LogP contribution < -0.4 is 5.32 Å². The number of carboxylic acid groups (broad SMARTS) is 1. The molecule has 1 unspecified atom stereocenters. The molecule has 1 saturated heterocycles. The SMILES string of the molecule is C[C@H](NCC1(O)O[C@H](CO)[C@@H](O)[C@@H]1O)C(=O)O. The van der Waals surface area contributed by atoms with Crippen LogP contribution in [0.3, 0.4) is 0 Å². The van der Waals surface area contributed by atoms with Crippen LogP contribution in [0.2, 0.25) is 0 Å². The van der Waals surface area contributed by atoms with Gasteiger partial charge in [-0.2, -0.15) is 0 Å². The summed E-state index contributed by atoms with van der Waals surface area (Å²) in [6, 6.07) is -0.944. The first-order valence-electron chi connectivity index (χ1n) is 5.15. The Morgan fingerprint density at radius 2 is 2.12 bits per heavy atom. The molecule has 0 bridgehead atoms. The van der Waals surface area contributed by atoms with Gasteiger partial charge in [0, 0.05) is 0 Å². The highest BCUT2D eigenvalue weighted by atomic mass is 16.7. The minimum absolute atomic E-state index is 0.380. The normalized spacial score (nSPS) is 39.2. The van der Waals surface area contributed by atoms with Crippen molar-refractivity contribution >= 4 is 5.97 Å². The van der Waals surface area contributed by atoms with Gasteiger partial charge in [0.25, 0.3) is 0 Å². The van der Waals surface area contributed by atoms with Gasteiger partial charge in [-0.25, -0.2) is 0 Å². The fourth-order valence-corrected chi connectivity index (χ4v) is 1.55. The largest absolute Gasteiger partial charge is 0.480 e. The van der Waals surface area contributed by atoms with Crippen molar-refractivity contribution in [3.8, 4) is 0 Å². The molecule has 8 nitrogen and oxygen atoms in total. The molecule has 0 amide bonds. The Kier molecular flexibility index (Phi) is 4.42. The van der Waals surface area contributed by atoms with Gasteiger partial charge in [-0.15, -0.1) is 0 Å². The van der Waals surface area contributed by atoms with Crippen molar-refractivity contribution in [3.63, 3.8) is 0 Å². The third-order valence-corrected chi connectivity index (χ3v) is 2.73. The van der Waals surface area contributed by atoms with Gasteiger partial charge in [0.05, 0.1) is 13.2 Å². The first kappa shape index (κ1) is 14.3. The molecule has 0 spiro atoms. The Bertz CT molecular complexity index is 287. The van der Waals surface area contributed by atoms with E-state index in [2.05, 4.69) is 5.32 Å². The maximum atomic E-state index is 10.5. The molecule has 6 N–H and O–H groups in total. The monoisotopic (exact) mass is 251 g/mol. The Morgan fingerprint density at radius 3 is 2.53 bits per heavy atom. The minimum Gasteiger partial charge on any atom is -0.480 e. The van der Waals surface area contributed by atoms with E-state index in [1.165, 1.54) is 6.92 Å². The fourth-order valence-electron chi connectivity index (χ4n) is 1.55. The van der Waals surface area contributed by atoms with E-state index in [0.29, 0.717) is 0 Å². The third kappa shape index (κ3) is 2.92. The van der Waals surface area contributed by atoms with Gasteiger partial charge in [-0.05, 0) is 6.92 Å². The molecule has 1 rings (SSSR count). The highest BCUT2D eigenvalue weighted by molar-refractivity contribution is 5.72. The molecule has 0 saturated carbocycles. The average Bonchev–Trinajstić information content (AvgIpc) is 2.51. The Hall–Kier alpha value is -0.770. The van der Waals surface area contributed by atoms with Crippen molar-refractivity contribution in [2.75, 3.05) is 13.2 Å². The number of hydrogen-bond donors (Lipinski definition) is 6. The van der Waals surface area contributed by atoms with Crippen molar-refractivity contribution in [3.05, 3.63) is 0 Å². The lowest BCUT2D eigenvalue weighted by molar-refractivity contribution is -0.227. The molecule has 1 aliphatic heterocycles. The fraction of sp³-hybridized carbons (Fsp3) is 0.889. The summed E-state index contributed by atoms with van der Waals surface area (Å²) in [5, 5.41) is 48.7. The number of carbonyl (C=O) groups is 1. The predicted molar refractivity (Wildman–Crippen MR) is 54.0 cm³/mol. The van der Waals surface area contributed by atoms with Crippen LogP contribution in [0.15, 0.2) is 0 Å².